The van der Waals surface area contributed by atoms with Crippen molar-refractivity contribution in [3.63, 3.8) is 0 Å². The third-order valence-electron chi connectivity index (χ3n) is 7.93. The van der Waals surface area contributed by atoms with Gasteiger partial charge in [0.2, 0.25) is 5.91 Å². The van der Waals surface area contributed by atoms with E-state index in [9.17, 15) is 19.5 Å². The van der Waals surface area contributed by atoms with E-state index in [0.29, 0.717) is 47.5 Å². The topological polar surface area (TPSA) is 103 Å². The second kappa shape index (κ2) is 11.0. The lowest BCUT2D eigenvalue weighted by molar-refractivity contribution is -0.130. The molecule has 2 aromatic carbocycles. The molecule has 40 heavy (non-hydrogen) atoms. The van der Waals surface area contributed by atoms with E-state index in [1.54, 1.807) is 31.2 Å². The maximum atomic E-state index is 13.6. The smallest absolute Gasteiger partial charge is 0.337 e. The molecule has 1 fully saturated rings. The van der Waals surface area contributed by atoms with Gasteiger partial charge in [-0.15, -0.1) is 0 Å². The highest BCUT2D eigenvalue weighted by Crippen LogP contribution is 2.34. The zero-order valence-electron chi connectivity index (χ0n) is 23.4. The van der Waals surface area contributed by atoms with Crippen LogP contribution in [0.15, 0.2) is 69.5 Å². The highest BCUT2D eigenvalue weighted by atomic mass is 16.4. The number of aromatic carboxylic acids is 1. The van der Waals surface area contributed by atoms with Gasteiger partial charge in [-0.2, -0.15) is 0 Å². The Morgan fingerprint density at radius 2 is 1.82 bits per heavy atom. The molecule has 1 aromatic heterocycles. The summed E-state index contributed by atoms with van der Waals surface area (Å²) in [5, 5.41) is 13.5. The van der Waals surface area contributed by atoms with Crippen LogP contribution < -0.4 is 10.7 Å². The van der Waals surface area contributed by atoms with Crippen LogP contribution in [0.25, 0.3) is 11.0 Å². The minimum atomic E-state index is -1.01. The molecule has 1 saturated heterocycles. The number of carboxylic acids is 1. The first kappa shape index (κ1) is 27.2. The van der Waals surface area contributed by atoms with Gasteiger partial charge < -0.3 is 24.6 Å². The van der Waals surface area contributed by atoms with Gasteiger partial charge in [-0.05, 0) is 57.0 Å². The van der Waals surface area contributed by atoms with E-state index in [4.69, 9.17) is 4.42 Å². The number of nitrogens with zero attached hydrogens (tertiary/aromatic N) is 2. The van der Waals surface area contributed by atoms with E-state index in [1.165, 1.54) is 0 Å². The van der Waals surface area contributed by atoms with Gasteiger partial charge in [0.05, 0.1) is 17.0 Å². The Balaban J connectivity index is 1.45. The van der Waals surface area contributed by atoms with Crippen molar-refractivity contribution in [2.24, 2.45) is 0 Å². The summed E-state index contributed by atoms with van der Waals surface area (Å²) in [7, 11) is 0. The molecule has 8 nitrogen and oxygen atoms in total. The molecule has 2 atom stereocenters. The number of carbonyl (C=O) groups excluding carboxylic acids is 1. The number of piperazine rings is 1. The van der Waals surface area contributed by atoms with E-state index in [0.717, 1.165) is 29.9 Å². The Bertz CT molecular complexity index is 1590. The first-order valence-electron chi connectivity index (χ1n) is 13.7. The number of carboxylic acid groups (broad SMARTS) is 1. The van der Waals surface area contributed by atoms with Gasteiger partial charge in [0.15, 0.2) is 5.43 Å². The largest absolute Gasteiger partial charge is 0.478 e. The lowest BCUT2D eigenvalue weighted by atomic mass is 9.92. The van der Waals surface area contributed by atoms with Crippen molar-refractivity contribution in [2.75, 3.05) is 31.5 Å². The molecule has 2 N–H and O–H groups in total. The van der Waals surface area contributed by atoms with Crippen LogP contribution in [0.2, 0.25) is 0 Å². The summed E-state index contributed by atoms with van der Waals surface area (Å²) in [6.07, 6.45) is 7.07. The molecule has 208 valence electrons. The molecule has 2 aliphatic rings. The minimum absolute atomic E-state index is 0.0529. The van der Waals surface area contributed by atoms with Crippen molar-refractivity contribution in [2.45, 2.75) is 46.1 Å². The highest BCUT2D eigenvalue weighted by Gasteiger charge is 2.25. The minimum Gasteiger partial charge on any atom is -0.478 e. The van der Waals surface area contributed by atoms with E-state index in [1.807, 2.05) is 37.8 Å². The predicted molar refractivity (Wildman–Crippen MR) is 156 cm³/mol. The van der Waals surface area contributed by atoms with E-state index in [-0.39, 0.29) is 28.9 Å². The quantitative estimate of drug-likeness (QED) is 0.432. The number of hydrogen-bond acceptors (Lipinski definition) is 6. The van der Waals surface area contributed by atoms with E-state index in [2.05, 4.69) is 28.4 Å². The van der Waals surface area contributed by atoms with Gasteiger partial charge in [-0.25, -0.2) is 4.79 Å². The molecule has 8 heteroatoms. The molecule has 2 heterocycles. The zero-order chi connectivity index (χ0) is 28.6. The fraction of sp³-hybridized carbons (Fsp3) is 0.344. The SMILES string of the molecule is CC(=O)N1CCN(C2=CCC(c3oc4c(C(C)Nc5ccccc5C(=O)O)cc(C)cc4c(=O)c3C)C=C2)CC1. The molecule has 5 rings (SSSR count). The van der Waals surface area contributed by atoms with Crippen LogP contribution in [0.1, 0.15) is 65.0 Å². The van der Waals surface area contributed by atoms with Gasteiger partial charge in [0.1, 0.15) is 11.3 Å². The molecule has 1 amide bonds. The molecular weight excluding hydrogens is 506 g/mol. The standard InChI is InChI=1S/C32H35N3O5/c1-19-17-26(21(3)33-28-8-6-5-7-25(28)32(38)39)31-27(18-19)29(37)20(2)30(40-31)23-9-11-24(12-10-23)35-15-13-34(14-16-35)22(4)36/h5-9,11-12,17-18,21,23,33H,10,13-16H2,1-4H3,(H,38,39). The fourth-order valence-corrected chi connectivity index (χ4v) is 5.68. The maximum absolute atomic E-state index is 13.6. The van der Waals surface area contributed by atoms with Gasteiger partial charge in [-0.3, -0.25) is 9.59 Å². The molecule has 3 aromatic rings. The third kappa shape index (κ3) is 5.26. The van der Waals surface area contributed by atoms with Crippen molar-refractivity contribution in [3.8, 4) is 0 Å². The van der Waals surface area contributed by atoms with E-state index < -0.39 is 5.97 Å². The molecule has 0 spiro atoms. The number of aryl methyl sites for hydroxylation is 1. The lowest BCUT2D eigenvalue weighted by Gasteiger charge is -2.37. The van der Waals surface area contributed by atoms with Crippen LogP contribution >= 0.6 is 0 Å². The van der Waals surface area contributed by atoms with Crippen LogP contribution in [0, 0.1) is 13.8 Å². The van der Waals surface area contributed by atoms with Crippen molar-refractivity contribution < 1.29 is 19.1 Å². The molecule has 1 aliphatic heterocycles. The lowest BCUT2D eigenvalue weighted by Crippen LogP contribution is -2.47. The maximum Gasteiger partial charge on any atom is 0.337 e. The van der Waals surface area contributed by atoms with Gasteiger partial charge >= 0.3 is 5.97 Å². The molecule has 0 saturated carbocycles. The number of benzene rings is 2. The van der Waals surface area contributed by atoms with Gasteiger partial charge in [0, 0.05) is 61.5 Å². The van der Waals surface area contributed by atoms with Crippen LogP contribution in [-0.4, -0.2) is 53.0 Å². The Morgan fingerprint density at radius 1 is 1.10 bits per heavy atom. The number of anilines is 1. The zero-order valence-corrected chi connectivity index (χ0v) is 23.4. The first-order chi connectivity index (χ1) is 19.1. The molecule has 2 unspecified atom stereocenters. The van der Waals surface area contributed by atoms with Gasteiger partial charge in [0.25, 0.3) is 0 Å². The Hall–Kier alpha value is -4.33. The van der Waals surface area contributed by atoms with Crippen molar-refractivity contribution >= 4 is 28.5 Å². The number of rotatable bonds is 6. The predicted octanol–water partition coefficient (Wildman–Crippen LogP) is 5.37. The average Bonchev–Trinajstić information content (AvgIpc) is 2.95. The Kier molecular flexibility index (Phi) is 7.52. The molecular formula is C32H35N3O5. The highest BCUT2D eigenvalue weighted by molar-refractivity contribution is 5.94. The van der Waals surface area contributed by atoms with Crippen LogP contribution in [0.4, 0.5) is 5.69 Å². The summed E-state index contributed by atoms with van der Waals surface area (Å²) in [6.45, 7) is 10.3. The normalized spacial score (nSPS) is 18.0. The summed E-state index contributed by atoms with van der Waals surface area (Å²) in [5.74, 6) is -0.329. The second-order valence-corrected chi connectivity index (χ2v) is 10.7. The average molecular weight is 542 g/mol. The first-order valence-corrected chi connectivity index (χ1v) is 13.7. The monoisotopic (exact) mass is 541 g/mol. The summed E-state index contributed by atoms with van der Waals surface area (Å²) in [4.78, 5) is 41.2. The van der Waals surface area contributed by atoms with Crippen molar-refractivity contribution in [1.82, 2.24) is 9.80 Å². The fourth-order valence-electron chi connectivity index (χ4n) is 5.68. The Labute approximate surface area is 233 Å². The number of fused-ring (bicyclic) bond motifs is 1. The number of nitrogens with one attached hydrogen (secondary N) is 1. The van der Waals surface area contributed by atoms with Crippen LogP contribution in [-0.2, 0) is 4.79 Å². The molecule has 0 bridgehead atoms. The summed E-state index contributed by atoms with van der Waals surface area (Å²) in [6, 6.07) is 10.3. The molecule has 1 aliphatic carbocycles. The van der Waals surface area contributed by atoms with Crippen molar-refractivity contribution in [1.29, 1.82) is 0 Å². The van der Waals surface area contributed by atoms with Crippen molar-refractivity contribution in [3.05, 3.63) is 98.6 Å². The summed E-state index contributed by atoms with van der Waals surface area (Å²) < 4.78 is 6.56. The summed E-state index contributed by atoms with van der Waals surface area (Å²) >= 11 is 0. The van der Waals surface area contributed by atoms with Gasteiger partial charge in [-0.1, -0.05) is 30.4 Å². The number of carbonyl (C=O) groups is 2. The second-order valence-electron chi connectivity index (χ2n) is 10.7. The number of hydrogen-bond donors (Lipinski definition) is 2. The molecule has 0 radical (unpaired) electrons. The number of allylic oxidation sites excluding steroid dienone is 3. The number of amides is 1. The van der Waals surface area contributed by atoms with Crippen LogP contribution in [0.5, 0.6) is 0 Å². The third-order valence-corrected chi connectivity index (χ3v) is 7.93. The van der Waals surface area contributed by atoms with Crippen LogP contribution in [0.3, 0.4) is 0 Å². The summed E-state index contributed by atoms with van der Waals surface area (Å²) in [5.41, 5.74) is 4.61. The number of para-hydroxylation sites is 1. The Morgan fingerprint density at radius 3 is 2.48 bits per heavy atom. The van der Waals surface area contributed by atoms with E-state index >= 15 is 0 Å².